The largest absolute Gasteiger partial charge is 0.496 e. The van der Waals surface area contributed by atoms with Crippen LogP contribution in [0, 0.1) is 0 Å². The lowest BCUT2D eigenvalue weighted by Crippen LogP contribution is -1.98. The Morgan fingerprint density at radius 3 is 2.16 bits per heavy atom. The quantitative estimate of drug-likeness (QED) is 0.845. The fourth-order valence-corrected chi connectivity index (χ4v) is 1.75. The highest BCUT2D eigenvalue weighted by molar-refractivity contribution is 9.10. The number of halogens is 1. The van der Waals surface area contributed by atoms with Crippen molar-refractivity contribution < 1.29 is 14.2 Å². The van der Waals surface area contributed by atoms with E-state index in [1.165, 1.54) is 0 Å². The van der Waals surface area contributed by atoms with Crippen LogP contribution in [0.15, 0.2) is 41.0 Å². The van der Waals surface area contributed by atoms with Crippen molar-refractivity contribution >= 4 is 15.9 Å². The second-order valence-corrected chi connectivity index (χ2v) is 4.72. The number of ether oxygens (including phenoxy) is 3. The molecule has 0 saturated heterocycles. The standard InChI is InChI=1S/C14H14BrNO3/c1-17-12-5-13(18-2)7-14(6-12)19-9-11-4-3-10(15)8-16-11/h3-8H,9H2,1-2H3. The van der Waals surface area contributed by atoms with E-state index >= 15 is 0 Å². The Kier molecular flexibility index (Phi) is 4.63. The normalized spacial score (nSPS) is 10.1. The number of hydrogen-bond donors (Lipinski definition) is 0. The third-order valence-electron chi connectivity index (χ3n) is 2.50. The molecule has 5 heteroatoms. The highest BCUT2D eigenvalue weighted by Crippen LogP contribution is 2.27. The van der Waals surface area contributed by atoms with Crippen molar-refractivity contribution in [1.29, 1.82) is 0 Å². The molecule has 0 fully saturated rings. The second-order valence-electron chi connectivity index (χ2n) is 3.80. The first kappa shape index (κ1) is 13.7. The molecular formula is C14H14BrNO3. The van der Waals surface area contributed by atoms with Crippen LogP contribution in [0.5, 0.6) is 17.2 Å². The van der Waals surface area contributed by atoms with E-state index in [-0.39, 0.29) is 0 Å². The van der Waals surface area contributed by atoms with Gasteiger partial charge < -0.3 is 14.2 Å². The number of pyridine rings is 1. The van der Waals surface area contributed by atoms with E-state index in [9.17, 15) is 0 Å². The Labute approximate surface area is 120 Å². The monoisotopic (exact) mass is 323 g/mol. The summed E-state index contributed by atoms with van der Waals surface area (Å²) in [5.74, 6) is 2.07. The molecule has 0 unspecified atom stereocenters. The van der Waals surface area contributed by atoms with Crippen molar-refractivity contribution in [2.75, 3.05) is 14.2 Å². The Hall–Kier alpha value is -1.75. The molecule has 2 rings (SSSR count). The fourth-order valence-electron chi connectivity index (χ4n) is 1.51. The van der Waals surface area contributed by atoms with Crippen LogP contribution in [-0.4, -0.2) is 19.2 Å². The van der Waals surface area contributed by atoms with Gasteiger partial charge in [0.05, 0.1) is 19.9 Å². The van der Waals surface area contributed by atoms with Crippen molar-refractivity contribution in [2.24, 2.45) is 0 Å². The Morgan fingerprint density at radius 2 is 1.63 bits per heavy atom. The lowest BCUT2D eigenvalue weighted by molar-refractivity contribution is 0.296. The van der Waals surface area contributed by atoms with Crippen molar-refractivity contribution in [3.8, 4) is 17.2 Å². The molecule has 0 saturated carbocycles. The molecule has 100 valence electrons. The van der Waals surface area contributed by atoms with Crippen molar-refractivity contribution in [1.82, 2.24) is 4.98 Å². The van der Waals surface area contributed by atoms with Crippen LogP contribution in [0.2, 0.25) is 0 Å². The average molecular weight is 324 g/mol. The highest BCUT2D eigenvalue weighted by atomic mass is 79.9. The van der Waals surface area contributed by atoms with E-state index in [1.54, 1.807) is 38.6 Å². The molecule has 1 aromatic heterocycles. The number of hydrogen-bond acceptors (Lipinski definition) is 4. The lowest BCUT2D eigenvalue weighted by atomic mass is 10.3. The Balaban J connectivity index is 2.08. The summed E-state index contributed by atoms with van der Waals surface area (Å²) < 4.78 is 17.0. The van der Waals surface area contributed by atoms with Crippen molar-refractivity contribution in [3.63, 3.8) is 0 Å². The van der Waals surface area contributed by atoms with Gasteiger partial charge in [-0.15, -0.1) is 0 Å². The zero-order chi connectivity index (χ0) is 13.7. The minimum Gasteiger partial charge on any atom is -0.496 e. The van der Waals surface area contributed by atoms with Gasteiger partial charge in [-0.25, -0.2) is 0 Å². The van der Waals surface area contributed by atoms with Gasteiger partial charge in [-0.2, -0.15) is 0 Å². The summed E-state index contributed by atoms with van der Waals surface area (Å²) in [6.07, 6.45) is 1.74. The van der Waals surface area contributed by atoms with E-state index in [0.717, 1.165) is 10.2 Å². The maximum Gasteiger partial charge on any atom is 0.130 e. The Bertz CT molecular complexity index is 521. The van der Waals surface area contributed by atoms with Crippen LogP contribution in [0.1, 0.15) is 5.69 Å². The number of rotatable bonds is 5. The number of benzene rings is 1. The van der Waals surface area contributed by atoms with Gasteiger partial charge in [0.25, 0.3) is 0 Å². The van der Waals surface area contributed by atoms with Crippen LogP contribution < -0.4 is 14.2 Å². The summed E-state index contributed by atoms with van der Waals surface area (Å²) in [6, 6.07) is 9.24. The van der Waals surface area contributed by atoms with Crippen LogP contribution in [-0.2, 0) is 6.61 Å². The first-order chi connectivity index (χ1) is 9.21. The molecule has 0 aliphatic carbocycles. The maximum absolute atomic E-state index is 5.68. The van der Waals surface area contributed by atoms with Gasteiger partial charge in [-0.05, 0) is 28.1 Å². The fraction of sp³-hybridized carbons (Fsp3) is 0.214. The van der Waals surface area contributed by atoms with Crippen molar-refractivity contribution in [2.45, 2.75) is 6.61 Å². The summed E-state index contributed by atoms with van der Waals surface area (Å²) in [5, 5.41) is 0. The molecule has 0 N–H and O–H groups in total. The molecule has 0 atom stereocenters. The predicted octanol–water partition coefficient (Wildman–Crippen LogP) is 3.44. The topological polar surface area (TPSA) is 40.6 Å². The summed E-state index contributed by atoms with van der Waals surface area (Å²) >= 11 is 3.34. The lowest BCUT2D eigenvalue weighted by Gasteiger charge is -2.10. The van der Waals surface area contributed by atoms with Gasteiger partial charge in [-0.3, -0.25) is 4.98 Å². The molecular weight excluding hydrogens is 310 g/mol. The molecule has 0 aliphatic heterocycles. The third-order valence-corrected chi connectivity index (χ3v) is 2.97. The van der Waals surface area contributed by atoms with Gasteiger partial charge in [0.2, 0.25) is 0 Å². The first-order valence-corrected chi connectivity index (χ1v) is 6.47. The molecule has 0 radical (unpaired) electrons. The minimum absolute atomic E-state index is 0.392. The molecule has 4 nitrogen and oxygen atoms in total. The maximum atomic E-state index is 5.68. The zero-order valence-electron chi connectivity index (χ0n) is 10.7. The van der Waals surface area contributed by atoms with Crippen LogP contribution in [0.4, 0.5) is 0 Å². The highest BCUT2D eigenvalue weighted by Gasteiger charge is 2.03. The van der Waals surface area contributed by atoms with Crippen molar-refractivity contribution in [3.05, 3.63) is 46.7 Å². The van der Waals surface area contributed by atoms with Crippen LogP contribution in [0.3, 0.4) is 0 Å². The van der Waals surface area contributed by atoms with Gasteiger partial charge in [-0.1, -0.05) is 0 Å². The van der Waals surface area contributed by atoms with Gasteiger partial charge >= 0.3 is 0 Å². The van der Waals surface area contributed by atoms with E-state index in [2.05, 4.69) is 20.9 Å². The molecule has 19 heavy (non-hydrogen) atoms. The smallest absolute Gasteiger partial charge is 0.130 e. The SMILES string of the molecule is COc1cc(OC)cc(OCc2ccc(Br)cn2)c1. The molecule has 0 aliphatic rings. The summed E-state index contributed by atoms with van der Waals surface area (Å²) in [6.45, 7) is 0.392. The van der Waals surface area contributed by atoms with E-state index in [0.29, 0.717) is 23.9 Å². The second kappa shape index (κ2) is 6.43. The number of nitrogens with zero attached hydrogens (tertiary/aromatic N) is 1. The Morgan fingerprint density at radius 1 is 1.00 bits per heavy atom. The van der Waals surface area contributed by atoms with Gasteiger partial charge in [0.15, 0.2) is 0 Å². The summed E-state index contributed by atoms with van der Waals surface area (Å²) in [7, 11) is 3.21. The van der Waals surface area contributed by atoms with Gasteiger partial charge in [0.1, 0.15) is 23.9 Å². The molecule has 0 bridgehead atoms. The number of aromatic nitrogens is 1. The molecule has 0 amide bonds. The molecule has 2 aromatic rings. The van der Waals surface area contributed by atoms with E-state index < -0.39 is 0 Å². The molecule has 1 heterocycles. The average Bonchev–Trinajstić information content (AvgIpc) is 2.46. The first-order valence-electron chi connectivity index (χ1n) is 5.67. The summed E-state index contributed by atoms with van der Waals surface area (Å²) in [5.41, 5.74) is 0.852. The zero-order valence-corrected chi connectivity index (χ0v) is 12.3. The van der Waals surface area contributed by atoms with Crippen LogP contribution in [0.25, 0.3) is 0 Å². The molecule has 1 aromatic carbocycles. The minimum atomic E-state index is 0.392. The number of methoxy groups -OCH3 is 2. The third kappa shape index (κ3) is 3.86. The predicted molar refractivity (Wildman–Crippen MR) is 75.8 cm³/mol. The van der Waals surface area contributed by atoms with Gasteiger partial charge in [0, 0.05) is 28.9 Å². The van der Waals surface area contributed by atoms with E-state index in [4.69, 9.17) is 14.2 Å². The van der Waals surface area contributed by atoms with Crippen LogP contribution >= 0.6 is 15.9 Å². The molecule has 0 spiro atoms. The summed E-state index contributed by atoms with van der Waals surface area (Å²) in [4.78, 5) is 4.24. The van der Waals surface area contributed by atoms with E-state index in [1.807, 2.05) is 12.1 Å².